The molecule has 0 atom stereocenters. The van der Waals surface area contributed by atoms with Crippen molar-refractivity contribution in [2.24, 2.45) is 0 Å². The van der Waals surface area contributed by atoms with Crippen molar-refractivity contribution in [2.45, 2.75) is 26.4 Å². The lowest BCUT2D eigenvalue weighted by atomic mass is 10.1. The molecule has 0 saturated carbocycles. The number of nitrogens with zero attached hydrogens (tertiary/aromatic N) is 2. The van der Waals surface area contributed by atoms with E-state index < -0.39 is 0 Å². The number of aromatic nitrogens is 1. The van der Waals surface area contributed by atoms with Gasteiger partial charge in [0.1, 0.15) is 0 Å². The molecule has 0 aliphatic carbocycles. The van der Waals surface area contributed by atoms with Crippen LogP contribution in [0.1, 0.15) is 19.4 Å². The van der Waals surface area contributed by atoms with Gasteiger partial charge in [0.2, 0.25) is 0 Å². The van der Waals surface area contributed by atoms with Crippen LogP contribution in [0.3, 0.4) is 0 Å². The summed E-state index contributed by atoms with van der Waals surface area (Å²) in [6, 6.07) is 10.6. The van der Waals surface area contributed by atoms with Crippen molar-refractivity contribution in [3.05, 3.63) is 53.3 Å². The Kier molecular flexibility index (Phi) is 4.56. The van der Waals surface area contributed by atoms with Gasteiger partial charge in [0, 0.05) is 35.6 Å². The third kappa shape index (κ3) is 3.79. The first kappa shape index (κ1) is 14.0. The Morgan fingerprint density at radius 1 is 1.11 bits per heavy atom. The molecule has 3 heteroatoms. The second kappa shape index (κ2) is 6.18. The van der Waals surface area contributed by atoms with E-state index >= 15 is 0 Å². The van der Waals surface area contributed by atoms with Crippen LogP contribution in [0.15, 0.2) is 42.7 Å². The topological polar surface area (TPSA) is 16.1 Å². The maximum atomic E-state index is 5.91. The van der Waals surface area contributed by atoms with Crippen LogP contribution >= 0.6 is 11.6 Å². The van der Waals surface area contributed by atoms with E-state index in [2.05, 4.69) is 36.8 Å². The van der Waals surface area contributed by atoms with Gasteiger partial charge in [0.25, 0.3) is 0 Å². The number of rotatable bonds is 4. The van der Waals surface area contributed by atoms with E-state index in [9.17, 15) is 0 Å². The monoisotopic (exact) mass is 274 g/mol. The van der Waals surface area contributed by atoms with Crippen LogP contribution in [-0.4, -0.2) is 23.0 Å². The zero-order valence-corrected chi connectivity index (χ0v) is 12.4. The molecule has 0 aliphatic heterocycles. The van der Waals surface area contributed by atoms with Crippen molar-refractivity contribution in [1.82, 2.24) is 9.88 Å². The Morgan fingerprint density at radius 3 is 2.42 bits per heavy atom. The number of benzene rings is 1. The molecule has 0 bridgehead atoms. The van der Waals surface area contributed by atoms with Gasteiger partial charge >= 0.3 is 0 Å². The van der Waals surface area contributed by atoms with E-state index in [1.807, 2.05) is 36.7 Å². The van der Waals surface area contributed by atoms with Crippen molar-refractivity contribution < 1.29 is 0 Å². The van der Waals surface area contributed by atoms with Crippen molar-refractivity contribution in [1.29, 1.82) is 0 Å². The summed E-state index contributed by atoms with van der Waals surface area (Å²) in [5.74, 6) is 0. The molecule has 0 N–H and O–H groups in total. The highest BCUT2D eigenvalue weighted by Gasteiger charge is 2.06. The lowest BCUT2D eigenvalue weighted by Gasteiger charge is -2.21. The van der Waals surface area contributed by atoms with E-state index in [-0.39, 0.29) is 0 Å². The van der Waals surface area contributed by atoms with Crippen LogP contribution in [0.25, 0.3) is 11.1 Å². The number of pyridine rings is 1. The molecule has 1 aromatic heterocycles. The minimum Gasteiger partial charge on any atom is -0.300 e. The first-order chi connectivity index (χ1) is 9.06. The summed E-state index contributed by atoms with van der Waals surface area (Å²) in [4.78, 5) is 6.63. The highest BCUT2D eigenvalue weighted by Crippen LogP contribution is 2.22. The van der Waals surface area contributed by atoms with Crippen molar-refractivity contribution in [3.8, 4) is 11.1 Å². The molecule has 2 aromatic rings. The molecule has 2 nitrogen and oxygen atoms in total. The quantitative estimate of drug-likeness (QED) is 0.829. The Morgan fingerprint density at radius 2 is 1.79 bits per heavy atom. The number of hydrogen-bond donors (Lipinski definition) is 0. The maximum absolute atomic E-state index is 5.91. The van der Waals surface area contributed by atoms with Crippen LogP contribution in [0.5, 0.6) is 0 Å². The lowest BCUT2D eigenvalue weighted by Crippen LogP contribution is -2.25. The number of halogens is 1. The van der Waals surface area contributed by atoms with E-state index in [1.165, 1.54) is 5.56 Å². The molecule has 19 heavy (non-hydrogen) atoms. The molecule has 0 saturated heterocycles. The summed E-state index contributed by atoms with van der Waals surface area (Å²) in [5.41, 5.74) is 3.50. The Balaban J connectivity index is 2.22. The minimum absolute atomic E-state index is 0.527. The molecule has 2 rings (SSSR count). The molecule has 1 aromatic carbocycles. The largest absolute Gasteiger partial charge is 0.300 e. The molecular formula is C16H19ClN2. The fourth-order valence-corrected chi connectivity index (χ4v) is 1.97. The fourth-order valence-electron chi connectivity index (χ4n) is 1.84. The second-order valence-corrected chi connectivity index (χ2v) is 5.53. The minimum atomic E-state index is 0.527. The summed E-state index contributed by atoms with van der Waals surface area (Å²) < 4.78 is 0. The van der Waals surface area contributed by atoms with Gasteiger partial charge in [-0.15, -0.1) is 0 Å². The van der Waals surface area contributed by atoms with Crippen LogP contribution in [0, 0.1) is 0 Å². The molecule has 100 valence electrons. The zero-order chi connectivity index (χ0) is 13.8. The summed E-state index contributed by atoms with van der Waals surface area (Å²) in [6.45, 7) is 5.29. The first-order valence-electron chi connectivity index (χ1n) is 6.46. The van der Waals surface area contributed by atoms with Gasteiger partial charge in [-0.2, -0.15) is 0 Å². The van der Waals surface area contributed by atoms with Crippen LogP contribution in [-0.2, 0) is 6.54 Å². The SMILES string of the molecule is CC(C)N(C)Cc1cncc(-c2ccc(Cl)cc2)c1. The predicted octanol–water partition coefficient (Wildman–Crippen LogP) is 4.24. The fraction of sp³-hybridized carbons (Fsp3) is 0.312. The van der Waals surface area contributed by atoms with E-state index in [4.69, 9.17) is 11.6 Å². The van der Waals surface area contributed by atoms with Gasteiger partial charge in [-0.1, -0.05) is 23.7 Å². The van der Waals surface area contributed by atoms with E-state index in [1.54, 1.807) is 0 Å². The molecule has 0 fully saturated rings. The molecular weight excluding hydrogens is 256 g/mol. The molecule has 0 radical (unpaired) electrons. The Labute approximate surface area is 120 Å². The van der Waals surface area contributed by atoms with Crippen molar-refractivity contribution in [3.63, 3.8) is 0 Å². The maximum Gasteiger partial charge on any atom is 0.0406 e. The number of hydrogen-bond acceptors (Lipinski definition) is 2. The van der Waals surface area contributed by atoms with Gasteiger partial charge in [0.05, 0.1) is 0 Å². The van der Waals surface area contributed by atoms with Crippen molar-refractivity contribution in [2.75, 3.05) is 7.05 Å². The van der Waals surface area contributed by atoms with Gasteiger partial charge in [-0.25, -0.2) is 0 Å². The van der Waals surface area contributed by atoms with Crippen LogP contribution < -0.4 is 0 Å². The molecule has 0 spiro atoms. The van der Waals surface area contributed by atoms with Crippen LogP contribution in [0.2, 0.25) is 5.02 Å². The average molecular weight is 275 g/mol. The highest BCUT2D eigenvalue weighted by atomic mass is 35.5. The third-order valence-electron chi connectivity index (χ3n) is 3.29. The molecule has 1 heterocycles. The Bertz CT molecular complexity index is 535. The van der Waals surface area contributed by atoms with E-state index in [0.29, 0.717) is 6.04 Å². The van der Waals surface area contributed by atoms with E-state index in [0.717, 1.165) is 22.7 Å². The average Bonchev–Trinajstić information content (AvgIpc) is 2.39. The molecule has 0 unspecified atom stereocenters. The normalized spacial score (nSPS) is 11.3. The first-order valence-corrected chi connectivity index (χ1v) is 6.84. The van der Waals surface area contributed by atoms with Gasteiger partial charge in [0.15, 0.2) is 0 Å². The zero-order valence-electron chi connectivity index (χ0n) is 11.6. The van der Waals surface area contributed by atoms with Crippen molar-refractivity contribution >= 4 is 11.6 Å². The highest BCUT2D eigenvalue weighted by molar-refractivity contribution is 6.30. The molecule has 0 aliphatic rings. The summed E-state index contributed by atoms with van der Waals surface area (Å²) in [5, 5.41) is 0.757. The predicted molar refractivity (Wildman–Crippen MR) is 81.3 cm³/mol. The van der Waals surface area contributed by atoms with Gasteiger partial charge < -0.3 is 0 Å². The van der Waals surface area contributed by atoms with Crippen LogP contribution in [0.4, 0.5) is 0 Å². The summed E-state index contributed by atoms with van der Waals surface area (Å²) in [7, 11) is 2.12. The smallest absolute Gasteiger partial charge is 0.0406 e. The van der Waals surface area contributed by atoms with Gasteiger partial charge in [-0.05, 0) is 50.2 Å². The summed E-state index contributed by atoms with van der Waals surface area (Å²) in [6.07, 6.45) is 3.82. The van der Waals surface area contributed by atoms with Gasteiger partial charge in [-0.3, -0.25) is 9.88 Å². The summed E-state index contributed by atoms with van der Waals surface area (Å²) >= 11 is 5.91. The third-order valence-corrected chi connectivity index (χ3v) is 3.54. The molecule has 0 amide bonds. The standard InChI is InChI=1S/C16H19ClN2/c1-12(2)19(3)11-13-8-15(10-18-9-13)14-4-6-16(17)7-5-14/h4-10,12H,11H2,1-3H3. The second-order valence-electron chi connectivity index (χ2n) is 5.10. The Hall–Kier alpha value is -1.38. The lowest BCUT2D eigenvalue weighted by molar-refractivity contribution is 0.265.